The SMILES string of the molecule is CC1CCC(C)N(Cc2cccc([N+](=O)[O-])c2C(=O)O)C1. The lowest BCUT2D eigenvalue weighted by Gasteiger charge is -2.37. The summed E-state index contributed by atoms with van der Waals surface area (Å²) >= 11 is 0. The van der Waals surface area contributed by atoms with Gasteiger partial charge in [-0.1, -0.05) is 19.1 Å². The molecule has 6 heteroatoms. The highest BCUT2D eigenvalue weighted by Gasteiger charge is 2.27. The van der Waals surface area contributed by atoms with Crippen LogP contribution < -0.4 is 0 Å². The van der Waals surface area contributed by atoms with E-state index in [-0.39, 0.29) is 11.3 Å². The quantitative estimate of drug-likeness (QED) is 0.681. The lowest BCUT2D eigenvalue weighted by atomic mass is 9.94. The minimum atomic E-state index is -1.24. The number of carboxylic acids is 1. The Kier molecular flexibility index (Phi) is 4.57. The first-order chi connectivity index (χ1) is 9.90. The molecule has 0 aliphatic carbocycles. The third kappa shape index (κ3) is 3.39. The van der Waals surface area contributed by atoms with Gasteiger partial charge in [0.2, 0.25) is 0 Å². The van der Waals surface area contributed by atoms with Crippen LogP contribution in [-0.2, 0) is 6.54 Å². The molecule has 0 aromatic heterocycles. The van der Waals surface area contributed by atoms with Gasteiger partial charge in [-0.25, -0.2) is 4.79 Å². The number of piperidine rings is 1. The van der Waals surface area contributed by atoms with Gasteiger partial charge >= 0.3 is 5.97 Å². The zero-order chi connectivity index (χ0) is 15.6. The van der Waals surface area contributed by atoms with Crippen molar-refractivity contribution < 1.29 is 14.8 Å². The van der Waals surface area contributed by atoms with Crippen molar-refractivity contribution in [2.45, 2.75) is 39.3 Å². The highest BCUT2D eigenvalue weighted by atomic mass is 16.6. The molecule has 0 spiro atoms. The van der Waals surface area contributed by atoms with Crippen LogP contribution in [0.3, 0.4) is 0 Å². The van der Waals surface area contributed by atoms with Gasteiger partial charge in [0.05, 0.1) is 4.92 Å². The molecule has 114 valence electrons. The standard InChI is InChI=1S/C15H20N2O4/c1-10-6-7-11(2)16(8-10)9-12-4-3-5-13(17(20)21)14(12)15(18)19/h3-5,10-11H,6-9H2,1-2H3,(H,18,19). The van der Waals surface area contributed by atoms with E-state index in [2.05, 4.69) is 18.7 Å². The Morgan fingerprint density at radius 2 is 2.14 bits per heavy atom. The first-order valence-electron chi connectivity index (χ1n) is 7.13. The summed E-state index contributed by atoms with van der Waals surface area (Å²) in [6, 6.07) is 4.83. The number of hydrogen-bond acceptors (Lipinski definition) is 4. The Morgan fingerprint density at radius 1 is 1.43 bits per heavy atom. The van der Waals surface area contributed by atoms with Gasteiger partial charge < -0.3 is 5.11 Å². The molecule has 1 aliphatic rings. The fourth-order valence-electron chi connectivity index (χ4n) is 2.94. The predicted molar refractivity (Wildman–Crippen MR) is 78.3 cm³/mol. The van der Waals surface area contributed by atoms with Crippen molar-refractivity contribution in [3.05, 3.63) is 39.4 Å². The minimum Gasteiger partial charge on any atom is -0.477 e. The maximum absolute atomic E-state index is 11.4. The van der Waals surface area contributed by atoms with E-state index in [0.717, 1.165) is 13.0 Å². The monoisotopic (exact) mass is 292 g/mol. The van der Waals surface area contributed by atoms with Crippen LogP contribution in [0.15, 0.2) is 18.2 Å². The number of nitro groups is 1. The lowest BCUT2D eigenvalue weighted by molar-refractivity contribution is -0.385. The van der Waals surface area contributed by atoms with E-state index in [4.69, 9.17) is 0 Å². The molecule has 0 radical (unpaired) electrons. The molecule has 1 aromatic rings. The Labute approximate surface area is 123 Å². The van der Waals surface area contributed by atoms with Crippen LogP contribution in [-0.4, -0.2) is 33.5 Å². The van der Waals surface area contributed by atoms with E-state index in [0.29, 0.717) is 24.1 Å². The molecule has 2 unspecified atom stereocenters. The summed E-state index contributed by atoms with van der Waals surface area (Å²) in [5.74, 6) is -0.678. The molecule has 1 fully saturated rings. The molecule has 0 amide bonds. The molecule has 0 saturated carbocycles. The number of nitrogens with zero attached hydrogens (tertiary/aromatic N) is 2. The van der Waals surface area contributed by atoms with E-state index < -0.39 is 10.9 Å². The number of nitro benzene ring substituents is 1. The van der Waals surface area contributed by atoms with E-state index in [1.807, 2.05) is 0 Å². The second kappa shape index (κ2) is 6.22. The number of aromatic carboxylic acids is 1. The molecule has 6 nitrogen and oxygen atoms in total. The van der Waals surface area contributed by atoms with Gasteiger partial charge in [0.15, 0.2) is 0 Å². The van der Waals surface area contributed by atoms with Crippen molar-refractivity contribution in [3.63, 3.8) is 0 Å². The Bertz CT molecular complexity index is 559. The fraction of sp³-hybridized carbons (Fsp3) is 0.533. The van der Waals surface area contributed by atoms with Gasteiger partial charge in [-0.3, -0.25) is 15.0 Å². The summed E-state index contributed by atoms with van der Waals surface area (Å²) in [4.78, 5) is 24.0. The summed E-state index contributed by atoms with van der Waals surface area (Å²) in [5.41, 5.74) is -0.0108. The van der Waals surface area contributed by atoms with Crippen LogP contribution >= 0.6 is 0 Å². The number of rotatable bonds is 4. The van der Waals surface area contributed by atoms with Crippen LogP contribution in [0, 0.1) is 16.0 Å². The van der Waals surface area contributed by atoms with Gasteiger partial charge in [-0.05, 0) is 31.2 Å². The largest absolute Gasteiger partial charge is 0.477 e. The van der Waals surface area contributed by atoms with Crippen molar-refractivity contribution in [2.75, 3.05) is 6.54 Å². The first-order valence-corrected chi connectivity index (χ1v) is 7.13. The number of benzene rings is 1. The third-order valence-electron chi connectivity index (χ3n) is 4.16. The number of carboxylic acid groups (broad SMARTS) is 1. The second-order valence-corrected chi connectivity index (χ2v) is 5.83. The molecule has 1 aliphatic heterocycles. The molecule has 0 bridgehead atoms. The molecule has 1 saturated heterocycles. The van der Waals surface area contributed by atoms with E-state index in [1.54, 1.807) is 12.1 Å². The van der Waals surface area contributed by atoms with Gasteiger partial charge in [0, 0.05) is 25.2 Å². The molecule has 1 heterocycles. The maximum atomic E-state index is 11.4. The molecular weight excluding hydrogens is 272 g/mol. The normalized spacial score (nSPS) is 23.0. The van der Waals surface area contributed by atoms with Gasteiger partial charge in [0.25, 0.3) is 5.69 Å². The Balaban J connectivity index is 2.33. The fourth-order valence-corrected chi connectivity index (χ4v) is 2.94. The molecule has 1 aromatic carbocycles. The van der Waals surface area contributed by atoms with Crippen molar-refractivity contribution in [1.29, 1.82) is 0 Å². The van der Waals surface area contributed by atoms with Gasteiger partial charge in [-0.2, -0.15) is 0 Å². The highest BCUT2D eigenvalue weighted by Crippen LogP contribution is 2.27. The first kappa shape index (κ1) is 15.4. The van der Waals surface area contributed by atoms with Gasteiger partial charge in [0.1, 0.15) is 5.56 Å². The number of carbonyl (C=O) groups is 1. The summed E-state index contributed by atoms with van der Waals surface area (Å²) in [7, 11) is 0. The van der Waals surface area contributed by atoms with Crippen molar-refractivity contribution in [3.8, 4) is 0 Å². The Hall–Kier alpha value is -1.95. The van der Waals surface area contributed by atoms with Crippen molar-refractivity contribution in [2.24, 2.45) is 5.92 Å². The Morgan fingerprint density at radius 3 is 2.76 bits per heavy atom. The topological polar surface area (TPSA) is 83.7 Å². The average Bonchev–Trinajstić information content (AvgIpc) is 2.42. The minimum absolute atomic E-state index is 0.187. The summed E-state index contributed by atoms with van der Waals surface area (Å²) in [5, 5.41) is 20.3. The van der Waals surface area contributed by atoms with Gasteiger partial charge in [-0.15, -0.1) is 0 Å². The third-order valence-corrected chi connectivity index (χ3v) is 4.16. The van der Waals surface area contributed by atoms with E-state index in [9.17, 15) is 20.0 Å². The highest BCUT2D eigenvalue weighted by molar-refractivity contribution is 5.94. The van der Waals surface area contributed by atoms with E-state index in [1.165, 1.54) is 12.5 Å². The predicted octanol–water partition coefficient (Wildman–Crippen LogP) is 2.91. The smallest absolute Gasteiger partial charge is 0.343 e. The molecular formula is C15H20N2O4. The molecule has 1 N–H and O–H groups in total. The van der Waals surface area contributed by atoms with Crippen molar-refractivity contribution in [1.82, 2.24) is 4.90 Å². The van der Waals surface area contributed by atoms with Crippen LogP contribution in [0.25, 0.3) is 0 Å². The number of likely N-dealkylation sites (tertiary alicyclic amines) is 1. The van der Waals surface area contributed by atoms with E-state index >= 15 is 0 Å². The van der Waals surface area contributed by atoms with Crippen LogP contribution in [0.2, 0.25) is 0 Å². The molecule has 21 heavy (non-hydrogen) atoms. The molecule has 2 rings (SSSR count). The summed E-state index contributed by atoms with van der Waals surface area (Å²) in [6.07, 6.45) is 2.23. The number of hydrogen-bond donors (Lipinski definition) is 1. The second-order valence-electron chi connectivity index (χ2n) is 5.83. The summed E-state index contributed by atoms with van der Waals surface area (Å²) < 4.78 is 0. The zero-order valence-corrected chi connectivity index (χ0v) is 12.3. The van der Waals surface area contributed by atoms with Crippen LogP contribution in [0.5, 0.6) is 0 Å². The van der Waals surface area contributed by atoms with Crippen molar-refractivity contribution >= 4 is 11.7 Å². The summed E-state index contributed by atoms with van der Waals surface area (Å²) in [6.45, 7) is 5.62. The average molecular weight is 292 g/mol. The van der Waals surface area contributed by atoms with Crippen LogP contribution in [0.1, 0.15) is 42.6 Å². The van der Waals surface area contributed by atoms with Crippen LogP contribution in [0.4, 0.5) is 5.69 Å². The zero-order valence-electron chi connectivity index (χ0n) is 12.3. The maximum Gasteiger partial charge on any atom is 0.343 e. The molecule has 2 atom stereocenters. The lowest BCUT2D eigenvalue weighted by Crippen LogP contribution is -2.40.